The summed E-state index contributed by atoms with van der Waals surface area (Å²) in [7, 11) is 1.39. The van der Waals surface area contributed by atoms with Gasteiger partial charge in [0.1, 0.15) is 0 Å². The maximum absolute atomic E-state index is 12.1. The van der Waals surface area contributed by atoms with Crippen LogP contribution in [0.2, 0.25) is 0 Å². The number of nitrogens with zero attached hydrogens (tertiary/aromatic N) is 1. The number of aliphatic carboxylic acids is 1. The van der Waals surface area contributed by atoms with E-state index < -0.39 is 24.6 Å². The van der Waals surface area contributed by atoms with Gasteiger partial charge in [-0.25, -0.2) is 0 Å². The predicted molar refractivity (Wildman–Crippen MR) is 47.4 cm³/mol. The Hall–Kier alpha value is -0.780. The van der Waals surface area contributed by atoms with Crippen molar-refractivity contribution in [2.45, 2.75) is 31.5 Å². The van der Waals surface area contributed by atoms with Crippen LogP contribution in [0.5, 0.6) is 0 Å². The highest BCUT2D eigenvalue weighted by molar-refractivity contribution is 5.70. The van der Waals surface area contributed by atoms with Crippen molar-refractivity contribution in [3.63, 3.8) is 0 Å². The Morgan fingerprint density at radius 3 is 2.47 bits per heavy atom. The van der Waals surface area contributed by atoms with Crippen molar-refractivity contribution in [3.8, 4) is 0 Å². The molecular weight excluding hydrogens is 211 g/mol. The summed E-state index contributed by atoms with van der Waals surface area (Å²) in [4.78, 5) is 11.8. The Bertz CT molecular complexity index is 242. The van der Waals surface area contributed by atoms with Crippen LogP contribution in [0, 0.1) is 5.92 Å². The first-order chi connectivity index (χ1) is 6.79. The average molecular weight is 225 g/mol. The summed E-state index contributed by atoms with van der Waals surface area (Å²) in [6, 6.07) is -0.257. The van der Waals surface area contributed by atoms with Crippen LogP contribution < -0.4 is 0 Å². The monoisotopic (exact) mass is 225 g/mol. The SMILES string of the molecule is CN(CC(F)(F)F)[C@@H]1CC[C@H](C(=O)O)C1. The minimum Gasteiger partial charge on any atom is -0.481 e. The van der Waals surface area contributed by atoms with Gasteiger partial charge >= 0.3 is 12.1 Å². The third-order valence-corrected chi connectivity index (χ3v) is 2.81. The van der Waals surface area contributed by atoms with Crippen LogP contribution in [0.1, 0.15) is 19.3 Å². The van der Waals surface area contributed by atoms with E-state index in [0.717, 1.165) is 0 Å². The van der Waals surface area contributed by atoms with Gasteiger partial charge < -0.3 is 5.11 Å². The third kappa shape index (κ3) is 3.70. The number of hydrogen-bond donors (Lipinski definition) is 1. The lowest BCUT2D eigenvalue weighted by atomic mass is 10.1. The van der Waals surface area contributed by atoms with E-state index in [4.69, 9.17) is 5.11 Å². The molecule has 6 heteroatoms. The molecule has 1 aliphatic carbocycles. The van der Waals surface area contributed by atoms with E-state index >= 15 is 0 Å². The molecule has 0 unspecified atom stereocenters. The van der Waals surface area contributed by atoms with E-state index in [1.807, 2.05) is 0 Å². The second kappa shape index (κ2) is 4.38. The molecular formula is C9H14F3NO2. The lowest BCUT2D eigenvalue weighted by Gasteiger charge is -2.25. The van der Waals surface area contributed by atoms with Gasteiger partial charge in [0.15, 0.2) is 0 Å². The molecule has 0 bridgehead atoms. The fourth-order valence-electron chi connectivity index (χ4n) is 1.99. The first-order valence-electron chi connectivity index (χ1n) is 4.79. The van der Waals surface area contributed by atoms with Crippen LogP contribution in [0.25, 0.3) is 0 Å². The number of carboxylic acids is 1. The number of hydrogen-bond acceptors (Lipinski definition) is 2. The summed E-state index contributed by atoms with van der Waals surface area (Å²) in [6.45, 7) is -0.968. The van der Waals surface area contributed by atoms with Crippen molar-refractivity contribution in [2.75, 3.05) is 13.6 Å². The highest BCUT2D eigenvalue weighted by atomic mass is 19.4. The number of rotatable bonds is 3. The van der Waals surface area contributed by atoms with Gasteiger partial charge in [-0.1, -0.05) is 0 Å². The van der Waals surface area contributed by atoms with Crippen LogP contribution in [-0.4, -0.2) is 41.8 Å². The Labute approximate surface area is 85.9 Å². The molecule has 2 atom stereocenters. The molecule has 0 heterocycles. The molecule has 0 spiro atoms. The maximum atomic E-state index is 12.1. The lowest BCUT2D eigenvalue weighted by molar-refractivity contribution is -0.147. The normalized spacial score (nSPS) is 27.3. The van der Waals surface area contributed by atoms with Crippen LogP contribution in [0.4, 0.5) is 13.2 Å². The number of carboxylic acid groups (broad SMARTS) is 1. The van der Waals surface area contributed by atoms with Crippen LogP contribution in [0.15, 0.2) is 0 Å². The highest BCUT2D eigenvalue weighted by Crippen LogP contribution is 2.30. The zero-order valence-corrected chi connectivity index (χ0v) is 8.42. The molecule has 0 saturated heterocycles. The van der Waals surface area contributed by atoms with Crippen molar-refractivity contribution >= 4 is 5.97 Å². The van der Waals surface area contributed by atoms with E-state index in [9.17, 15) is 18.0 Å². The Balaban J connectivity index is 2.43. The molecule has 88 valence electrons. The molecule has 15 heavy (non-hydrogen) atoms. The second-order valence-electron chi connectivity index (χ2n) is 4.03. The molecule has 1 N–H and O–H groups in total. The molecule has 0 amide bonds. The summed E-state index contributed by atoms with van der Waals surface area (Å²) < 4.78 is 36.2. The smallest absolute Gasteiger partial charge is 0.401 e. The summed E-state index contributed by atoms with van der Waals surface area (Å²) in [5.41, 5.74) is 0. The zero-order chi connectivity index (χ0) is 11.6. The maximum Gasteiger partial charge on any atom is 0.401 e. The van der Waals surface area contributed by atoms with E-state index in [1.165, 1.54) is 11.9 Å². The zero-order valence-electron chi connectivity index (χ0n) is 8.42. The Morgan fingerprint density at radius 1 is 1.47 bits per heavy atom. The van der Waals surface area contributed by atoms with E-state index in [2.05, 4.69) is 0 Å². The number of carbonyl (C=O) groups is 1. The van der Waals surface area contributed by atoms with Gasteiger partial charge in [-0.15, -0.1) is 0 Å². The topological polar surface area (TPSA) is 40.5 Å². The van der Waals surface area contributed by atoms with Gasteiger partial charge in [-0.2, -0.15) is 13.2 Å². The van der Waals surface area contributed by atoms with Gasteiger partial charge in [0, 0.05) is 6.04 Å². The molecule has 1 fully saturated rings. The molecule has 3 nitrogen and oxygen atoms in total. The standard InChI is InChI=1S/C9H14F3NO2/c1-13(5-9(10,11)12)7-3-2-6(4-7)8(14)15/h6-7H,2-5H2,1H3,(H,14,15)/t6-,7+/m0/s1. The van der Waals surface area contributed by atoms with Crippen LogP contribution >= 0.6 is 0 Å². The Kier molecular flexibility index (Phi) is 3.59. The quantitative estimate of drug-likeness (QED) is 0.795. The fourth-order valence-corrected chi connectivity index (χ4v) is 1.99. The summed E-state index contributed by atoms with van der Waals surface area (Å²) >= 11 is 0. The molecule has 0 aromatic rings. The molecule has 0 aliphatic heterocycles. The summed E-state index contributed by atoms with van der Waals surface area (Å²) in [5, 5.41) is 8.70. The summed E-state index contributed by atoms with van der Waals surface area (Å²) in [6.07, 6.45) is -2.89. The fraction of sp³-hybridized carbons (Fsp3) is 0.889. The van der Waals surface area contributed by atoms with Crippen molar-refractivity contribution in [3.05, 3.63) is 0 Å². The lowest BCUT2D eigenvalue weighted by Crippen LogP contribution is -2.37. The van der Waals surface area contributed by atoms with Crippen molar-refractivity contribution in [1.29, 1.82) is 0 Å². The van der Waals surface area contributed by atoms with Crippen molar-refractivity contribution < 1.29 is 23.1 Å². The van der Waals surface area contributed by atoms with E-state index in [0.29, 0.717) is 19.3 Å². The Morgan fingerprint density at radius 2 is 2.07 bits per heavy atom. The predicted octanol–water partition coefficient (Wildman–Crippen LogP) is 1.73. The second-order valence-corrected chi connectivity index (χ2v) is 4.03. The van der Waals surface area contributed by atoms with Crippen molar-refractivity contribution in [1.82, 2.24) is 4.90 Å². The number of halogens is 3. The third-order valence-electron chi connectivity index (χ3n) is 2.81. The van der Waals surface area contributed by atoms with Gasteiger partial charge in [-0.05, 0) is 26.3 Å². The van der Waals surface area contributed by atoms with Gasteiger partial charge in [0.25, 0.3) is 0 Å². The van der Waals surface area contributed by atoms with Gasteiger partial charge in [0.2, 0.25) is 0 Å². The molecule has 0 radical (unpaired) electrons. The largest absolute Gasteiger partial charge is 0.481 e. The van der Waals surface area contributed by atoms with Crippen LogP contribution in [0.3, 0.4) is 0 Å². The average Bonchev–Trinajstić information content (AvgIpc) is 2.47. The molecule has 0 aromatic carbocycles. The van der Waals surface area contributed by atoms with E-state index in [-0.39, 0.29) is 6.04 Å². The first kappa shape index (κ1) is 12.3. The minimum atomic E-state index is -4.21. The van der Waals surface area contributed by atoms with Gasteiger partial charge in [0.05, 0.1) is 12.5 Å². The molecule has 1 saturated carbocycles. The van der Waals surface area contributed by atoms with Gasteiger partial charge in [-0.3, -0.25) is 9.69 Å². The summed E-state index contributed by atoms with van der Waals surface area (Å²) in [5.74, 6) is -1.39. The first-order valence-corrected chi connectivity index (χ1v) is 4.79. The molecule has 1 rings (SSSR count). The highest BCUT2D eigenvalue weighted by Gasteiger charge is 2.36. The minimum absolute atomic E-state index is 0.257. The van der Waals surface area contributed by atoms with Crippen LogP contribution in [-0.2, 0) is 4.79 Å². The molecule has 0 aromatic heterocycles. The number of alkyl halides is 3. The molecule has 1 aliphatic rings. The van der Waals surface area contributed by atoms with E-state index in [1.54, 1.807) is 0 Å². The van der Waals surface area contributed by atoms with Crippen molar-refractivity contribution in [2.24, 2.45) is 5.92 Å².